The molecule has 2 aromatic rings. The fourth-order valence-corrected chi connectivity index (χ4v) is 2.66. The van der Waals surface area contributed by atoms with Crippen LogP contribution < -0.4 is 20.7 Å². The fraction of sp³-hybridized carbons (Fsp3) is 0.353. The van der Waals surface area contributed by atoms with Crippen molar-refractivity contribution in [1.82, 2.24) is 15.3 Å². The topological polar surface area (TPSA) is 88.2 Å². The number of hydrogen-bond acceptors (Lipinski definition) is 6. The molecule has 7 nitrogen and oxygen atoms in total. The first-order chi connectivity index (χ1) is 12.8. The third kappa shape index (κ3) is 3.88. The average molecular weight is 381 g/mol. The van der Waals surface area contributed by atoms with E-state index >= 15 is 0 Å². The quantitative estimate of drug-likeness (QED) is 0.754. The molecule has 0 saturated carbocycles. The first-order valence-corrected chi connectivity index (χ1v) is 8.29. The number of amides is 1. The van der Waals surface area contributed by atoms with Gasteiger partial charge < -0.3 is 20.7 Å². The van der Waals surface area contributed by atoms with Crippen LogP contribution in [0.1, 0.15) is 29.3 Å². The summed E-state index contributed by atoms with van der Waals surface area (Å²) in [6, 6.07) is 4.80. The molecule has 144 valence electrons. The summed E-state index contributed by atoms with van der Waals surface area (Å²) in [7, 11) is 1.34. The van der Waals surface area contributed by atoms with E-state index in [-0.39, 0.29) is 29.3 Å². The minimum Gasteiger partial charge on any atom is -0.491 e. The molecule has 1 amide bonds. The van der Waals surface area contributed by atoms with Crippen molar-refractivity contribution in [3.05, 3.63) is 35.5 Å². The van der Waals surface area contributed by atoms with Crippen LogP contribution in [-0.2, 0) is 6.18 Å². The van der Waals surface area contributed by atoms with E-state index in [1.807, 2.05) is 6.92 Å². The highest BCUT2D eigenvalue weighted by Gasteiger charge is 2.35. The van der Waals surface area contributed by atoms with E-state index in [0.717, 1.165) is 0 Å². The average Bonchev–Trinajstić information content (AvgIpc) is 2.80. The molecule has 1 atom stereocenters. The number of alkyl halides is 3. The Morgan fingerprint density at radius 2 is 2.15 bits per heavy atom. The fourth-order valence-electron chi connectivity index (χ4n) is 2.66. The smallest absolute Gasteiger partial charge is 0.421 e. The molecule has 1 unspecified atom stereocenters. The van der Waals surface area contributed by atoms with Crippen LogP contribution in [0.4, 0.5) is 30.6 Å². The summed E-state index contributed by atoms with van der Waals surface area (Å²) < 4.78 is 44.6. The lowest BCUT2D eigenvalue weighted by Crippen LogP contribution is -2.36. The zero-order valence-corrected chi connectivity index (χ0v) is 14.6. The van der Waals surface area contributed by atoms with Crippen LogP contribution in [0, 0.1) is 0 Å². The van der Waals surface area contributed by atoms with Gasteiger partial charge in [-0.2, -0.15) is 18.2 Å². The molecule has 0 aliphatic carbocycles. The molecule has 0 fully saturated rings. The second-order valence-corrected chi connectivity index (χ2v) is 5.90. The van der Waals surface area contributed by atoms with Crippen LogP contribution >= 0.6 is 0 Å². The van der Waals surface area contributed by atoms with E-state index in [4.69, 9.17) is 4.74 Å². The summed E-state index contributed by atoms with van der Waals surface area (Å²) in [5.74, 6) is -0.397. The number of hydrogen-bond donors (Lipinski definition) is 3. The predicted molar refractivity (Wildman–Crippen MR) is 93.3 cm³/mol. The van der Waals surface area contributed by atoms with Gasteiger partial charge >= 0.3 is 6.18 Å². The van der Waals surface area contributed by atoms with Crippen LogP contribution in [0.25, 0.3) is 0 Å². The lowest BCUT2D eigenvalue weighted by Gasteiger charge is -2.15. The minimum absolute atomic E-state index is 0.0789. The Balaban J connectivity index is 1.95. The molecule has 0 bridgehead atoms. The maximum atomic E-state index is 13.0. The van der Waals surface area contributed by atoms with Crippen molar-refractivity contribution in [3.8, 4) is 5.75 Å². The van der Waals surface area contributed by atoms with Gasteiger partial charge in [-0.05, 0) is 18.6 Å². The van der Waals surface area contributed by atoms with E-state index in [2.05, 4.69) is 25.9 Å². The first kappa shape index (κ1) is 18.7. The van der Waals surface area contributed by atoms with Crippen LogP contribution in [0.3, 0.4) is 0 Å². The van der Waals surface area contributed by atoms with Crippen molar-refractivity contribution in [2.24, 2.45) is 0 Å². The molecule has 3 rings (SSSR count). The molecule has 1 aromatic carbocycles. The molecule has 0 spiro atoms. The zero-order valence-electron chi connectivity index (χ0n) is 14.6. The summed E-state index contributed by atoms with van der Waals surface area (Å²) in [4.78, 5) is 20.1. The Kier molecular flexibility index (Phi) is 5.06. The standard InChI is InChI=1S/C17H18F3N5O2/c1-3-9-8-27-12-6-4-5-11(13(12)15(26)23-9)24-16-22-7-10(17(18,19)20)14(21-2)25-16/h4-7,9H,3,8H2,1-2H3,(H,23,26)(H2,21,22,24,25). The van der Waals surface area contributed by atoms with Gasteiger partial charge in [-0.3, -0.25) is 4.79 Å². The number of benzene rings is 1. The number of rotatable bonds is 4. The number of carbonyl (C=O) groups excluding carboxylic acids is 1. The summed E-state index contributed by atoms with van der Waals surface area (Å²) in [5.41, 5.74) is -0.388. The molecule has 1 aromatic heterocycles. The van der Waals surface area contributed by atoms with Crippen molar-refractivity contribution in [3.63, 3.8) is 0 Å². The SMILES string of the molecule is CCC1COc2cccc(Nc3ncc(C(F)(F)F)c(NC)n3)c2C(=O)N1. The highest BCUT2D eigenvalue weighted by Crippen LogP contribution is 2.35. The number of aromatic nitrogens is 2. The second kappa shape index (κ2) is 7.29. The number of carbonyl (C=O) groups is 1. The van der Waals surface area contributed by atoms with Crippen LogP contribution in [0.15, 0.2) is 24.4 Å². The molecule has 3 N–H and O–H groups in total. The van der Waals surface area contributed by atoms with Gasteiger partial charge in [0.05, 0.1) is 11.7 Å². The molecule has 10 heteroatoms. The lowest BCUT2D eigenvalue weighted by molar-refractivity contribution is -0.137. The Hall–Kier alpha value is -3.04. The third-order valence-corrected chi connectivity index (χ3v) is 4.10. The third-order valence-electron chi connectivity index (χ3n) is 4.10. The normalized spacial score (nSPS) is 16.6. The van der Waals surface area contributed by atoms with Gasteiger partial charge in [-0.25, -0.2) is 4.98 Å². The van der Waals surface area contributed by atoms with Crippen molar-refractivity contribution in [2.45, 2.75) is 25.6 Å². The Morgan fingerprint density at radius 1 is 1.37 bits per heavy atom. The van der Waals surface area contributed by atoms with Crippen molar-refractivity contribution < 1.29 is 22.7 Å². The monoisotopic (exact) mass is 381 g/mol. The predicted octanol–water partition coefficient (Wildman–Crippen LogP) is 3.18. The Labute approximate surface area is 153 Å². The molecule has 1 aliphatic rings. The summed E-state index contributed by atoms with van der Waals surface area (Å²) >= 11 is 0. The maximum absolute atomic E-state index is 13.0. The van der Waals surface area contributed by atoms with Gasteiger partial charge in [0.2, 0.25) is 5.95 Å². The number of fused-ring (bicyclic) bond motifs is 1. The Bertz CT molecular complexity index is 857. The van der Waals surface area contributed by atoms with Crippen LogP contribution in [0.2, 0.25) is 0 Å². The summed E-state index contributed by atoms with van der Waals surface area (Å²) in [6.45, 7) is 2.26. The van der Waals surface area contributed by atoms with E-state index in [0.29, 0.717) is 30.7 Å². The second-order valence-electron chi connectivity index (χ2n) is 5.90. The van der Waals surface area contributed by atoms with E-state index in [1.54, 1.807) is 18.2 Å². The van der Waals surface area contributed by atoms with Gasteiger partial charge in [0.15, 0.2) is 0 Å². The number of nitrogens with zero attached hydrogens (tertiary/aromatic N) is 2. The van der Waals surface area contributed by atoms with Gasteiger partial charge in [0, 0.05) is 13.2 Å². The molecule has 0 saturated heterocycles. The van der Waals surface area contributed by atoms with E-state index < -0.39 is 11.7 Å². The van der Waals surface area contributed by atoms with Gasteiger partial charge in [0.1, 0.15) is 29.3 Å². The Morgan fingerprint density at radius 3 is 2.81 bits per heavy atom. The molecule has 0 radical (unpaired) electrons. The van der Waals surface area contributed by atoms with Crippen molar-refractivity contribution in [2.75, 3.05) is 24.3 Å². The summed E-state index contributed by atoms with van der Waals surface area (Å²) in [6.07, 6.45) is -3.19. The lowest BCUT2D eigenvalue weighted by atomic mass is 10.1. The van der Waals surface area contributed by atoms with Crippen molar-refractivity contribution >= 4 is 23.4 Å². The number of halogens is 3. The number of ether oxygens (including phenoxy) is 1. The maximum Gasteiger partial charge on any atom is 0.421 e. The van der Waals surface area contributed by atoms with Crippen LogP contribution in [-0.4, -0.2) is 35.6 Å². The van der Waals surface area contributed by atoms with Gasteiger partial charge in [0.25, 0.3) is 5.91 Å². The molecule has 1 aliphatic heterocycles. The first-order valence-electron chi connectivity index (χ1n) is 8.29. The largest absolute Gasteiger partial charge is 0.491 e. The van der Waals surface area contributed by atoms with Crippen molar-refractivity contribution in [1.29, 1.82) is 0 Å². The zero-order chi connectivity index (χ0) is 19.6. The highest BCUT2D eigenvalue weighted by molar-refractivity contribution is 6.03. The molecule has 27 heavy (non-hydrogen) atoms. The minimum atomic E-state index is -4.58. The molecular formula is C17H18F3N5O2. The molecular weight excluding hydrogens is 363 g/mol. The van der Waals surface area contributed by atoms with Gasteiger partial charge in [-0.15, -0.1) is 0 Å². The van der Waals surface area contributed by atoms with E-state index in [1.165, 1.54) is 7.05 Å². The number of anilines is 3. The van der Waals surface area contributed by atoms with Crippen LogP contribution in [0.5, 0.6) is 5.75 Å². The highest BCUT2D eigenvalue weighted by atomic mass is 19.4. The number of nitrogens with one attached hydrogen (secondary N) is 3. The van der Waals surface area contributed by atoms with Gasteiger partial charge in [-0.1, -0.05) is 13.0 Å². The summed E-state index contributed by atoms with van der Waals surface area (Å²) in [5, 5.41) is 8.07. The van der Waals surface area contributed by atoms with E-state index in [9.17, 15) is 18.0 Å². The molecule has 2 heterocycles.